The summed E-state index contributed by atoms with van der Waals surface area (Å²) in [5, 5.41) is 12.0. The van der Waals surface area contributed by atoms with Crippen LogP contribution in [0.5, 0.6) is 0 Å². The molecule has 4 heteroatoms. The van der Waals surface area contributed by atoms with Gasteiger partial charge in [0.1, 0.15) is 0 Å². The van der Waals surface area contributed by atoms with Gasteiger partial charge in [-0.2, -0.15) is 0 Å². The van der Waals surface area contributed by atoms with Gasteiger partial charge in [0.05, 0.1) is 13.2 Å². The SMILES string of the molecule is COC(=O)CCCNCCC(C)O. The van der Waals surface area contributed by atoms with E-state index in [0.29, 0.717) is 6.42 Å². The molecular formula is C9H19NO3. The zero-order chi connectivity index (χ0) is 10.1. The van der Waals surface area contributed by atoms with E-state index in [1.54, 1.807) is 6.92 Å². The number of carbonyl (C=O) groups excluding carboxylic acids is 1. The summed E-state index contributed by atoms with van der Waals surface area (Å²) in [5.74, 6) is -0.169. The van der Waals surface area contributed by atoms with Crippen LogP contribution in [0, 0.1) is 0 Å². The highest BCUT2D eigenvalue weighted by molar-refractivity contribution is 5.68. The normalized spacial score (nSPS) is 12.5. The zero-order valence-electron chi connectivity index (χ0n) is 8.38. The van der Waals surface area contributed by atoms with Gasteiger partial charge in [0, 0.05) is 6.42 Å². The number of esters is 1. The zero-order valence-corrected chi connectivity index (χ0v) is 8.38. The van der Waals surface area contributed by atoms with Crippen LogP contribution in [0.2, 0.25) is 0 Å². The molecule has 0 amide bonds. The molecule has 0 aromatic heterocycles. The van der Waals surface area contributed by atoms with Gasteiger partial charge in [-0.15, -0.1) is 0 Å². The van der Waals surface area contributed by atoms with Crippen LogP contribution >= 0.6 is 0 Å². The molecule has 0 aliphatic heterocycles. The van der Waals surface area contributed by atoms with E-state index in [9.17, 15) is 4.79 Å². The summed E-state index contributed by atoms with van der Waals surface area (Å²) in [6.45, 7) is 3.34. The first-order valence-electron chi connectivity index (χ1n) is 4.62. The molecule has 0 aromatic carbocycles. The van der Waals surface area contributed by atoms with Crippen LogP contribution in [0.4, 0.5) is 0 Å². The number of ether oxygens (including phenoxy) is 1. The molecule has 1 unspecified atom stereocenters. The van der Waals surface area contributed by atoms with Crippen LogP contribution in [-0.2, 0) is 9.53 Å². The van der Waals surface area contributed by atoms with Gasteiger partial charge in [-0.3, -0.25) is 4.79 Å². The van der Waals surface area contributed by atoms with Crippen molar-refractivity contribution in [3.05, 3.63) is 0 Å². The Hall–Kier alpha value is -0.610. The van der Waals surface area contributed by atoms with E-state index >= 15 is 0 Å². The molecule has 4 nitrogen and oxygen atoms in total. The minimum atomic E-state index is -0.256. The van der Waals surface area contributed by atoms with E-state index in [1.807, 2.05) is 0 Å². The van der Waals surface area contributed by atoms with Crippen molar-refractivity contribution in [2.45, 2.75) is 32.3 Å². The smallest absolute Gasteiger partial charge is 0.305 e. The molecule has 0 fully saturated rings. The number of hydrogen-bond acceptors (Lipinski definition) is 4. The van der Waals surface area contributed by atoms with Crippen molar-refractivity contribution in [3.8, 4) is 0 Å². The molecule has 0 saturated carbocycles. The molecule has 0 aliphatic carbocycles. The minimum Gasteiger partial charge on any atom is -0.469 e. The van der Waals surface area contributed by atoms with Gasteiger partial charge < -0.3 is 15.2 Å². The fourth-order valence-corrected chi connectivity index (χ4v) is 0.896. The van der Waals surface area contributed by atoms with Crippen molar-refractivity contribution < 1.29 is 14.6 Å². The average molecular weight is 189 g/mol. The van der Waals surface area contributed by atoms with Crippen molar-refractivity contribution in [1.82, 2.24) is 5.32 Å². The maximum Gasteiger partial charge on any atom is 0.305 e. The number of nitrogens with one attached hydrogen (secondary N) is 1. The topological polar surface area (TPSA) is 58.6 Å². The lowest BCUT2D eigenvalue weighted by atomic mass is 10.2. The number of aliphatic hydroxyl groups excluding tert-OH is 1. The van der Waals surface area contributed by atoms with Crippen LogP contribution in [-0.4, -0.2) is 37.4 Å². The van der Waals surface area contributed by atoms with Gasteiger partial charge in [-0.1, -0.05) is 0 Å². The van der Waals surface area contributed by atoms with Gasteiger partial charge in [0.25, 0.3) is 0 Å². The van der Waals surface area contributed by atoms with Gasteiger partial charge >= 0.3 is 5.97 Å². The number of hydrogen-bond donors (Lipinski definition) is 2. The van der Waals surface area contributed by atoms with Crippen LogP contribution in [0.1, 0.15) is 26.2 Å². The standard InChI is InChI=1S/C9H19NO3/c1-8(11)5-7-10-6-3-4-9(12)13-2/h8,10-11H,3-7H2,1-2H3. The highest BCUT2D eigenvalue weighted by Gasteiger charge is 1.99. The number of carbonyl (C=O) groups is 1. The van der Waals surface area contributed by atoms with E-state index < -0.39 is 0 Å². The van der Waals surface area contributed by atoms with E-state index in [1.165, 1.54) is 7.11 Å². The molecule has 0 spiro atoms. The first-order valence-corrected chi connectivity index (χ1v) is 4.62. The van der Waals surface area contributed by atoms with Crippen molar-refractivity contribution in [2.24, 2.45) is 0 Å². The molecule has 0 rings (SSSR count). The first kappa shape index (κ1) is 12.4. The Morgan fingerprint density at radius 1 is 1.54 bits per heavy atom. The van der Waals surface area contributed by atoms with E-state index in [-0.39, 0.29) is 12.1 Å². The monoisotopic (exact) mass is 189 g/mol. The highest BCUT2D eigenvalue weighted by atomic mass is 16.5. The Kier molecular flexibility index (Phi) is 7.63. The predicted molar refractivity (Wildman–Crippen MR) is 50.4 cm³/mol. The van der Waals surface area contributed by atoms with Gasteiger partial charge in [-0.25, -0.2) is 0 Å². The molecule has 0 heterocycles. The second-order valence-corrected chi connectivity index (χ2v) is 3.07. The minimum absolute atomic E-state index is 0.169. The Bertz CT molecular complexity index is 137. The second kappa shape index (κ2) is 8.01. The highest BCUT2D eigenvalue weighted by Crippen LogP contribution is 1.90. The van der Waals surface area contributed by atoms with E-state index in [4.69, 9.17) is 5.11 Å². The van der Waals surface area contributed by atoms with Crippen molar-refractivity contribution in [2.75, 3.05) is 20.2 Å². The molecule has 0 bridgehead atoms. The summed E-state index contributed by atoms with van der Waals surface area (Å²) in [6, 6.07) is 0. The van der Waals surface area contributed by atoms with Crippen LogP contribution in [0.25, 0.3) is 0 Å². The summed E-state index contributed by atoms with van der Waals surface area (Å²) >= 11 is 0. The third-order valence-electron chi connectivity index (χ3n) is 1.70. The first-order chi connectivity index (χ1) is 6.16. The van der Waals surface area contributed by atoms with Crippen LogP contribution in [0.3, 0.4) is 0 Å². The molecule has 78 valence electrons. The quantitative estimate of drug-likeness (QED) is 0.447. The number of methoxy groups -OCH3 is 1. The lowest BCUT2D eigenvalue weighted by Gasteiger charge is -2.05. The molecule has 0 aliphatic rings. The van der Waals surface area contributed by atoms with E-state index in [0.717, 1.165) is 25.9 Å². The molecule has 2 N–H and O–H groups in total. The third-order valence-corrected chi connectivity index (χ3v) is 1.70. The van der Waals surface area contributed by atoms with Crippen molar-refractivity contribution in [3.63, 3.8) is 0 Å². The largest absolute Gasteiger partial charge is 0.469 e. The predicted octanol–water partition coefficient (Wildman–Crippen LogP) is 0.300. The maximum atomic E-state index is 10.7. The maximum absolute atomic E-state index is 10.7. The third kappa shape index (κ3) is 9.30. The second-order valence-electron chi connectivity index (χ2n) is 3.07. The number of rotatable bonds is 7. The number of aliphatic hydroxyl groups is 1. The molecule has 1 atom stereocenters. The molecule has 0 aromatic rings. The fraction of sp³-hybridized carbons (Fsp3) is 0.889. The molecular weight excluding hydrogens is 170 g/mol. The molecule has 0 radical (unpaired) electrons. The molecule has 13 heavy (non-hydrogen) atoms. The average Bonchev–Trinajstić information content (AvgIpc) is 2.10. The Morgan fingerprint density at radius 3 is 2.77 bits per heavy atom. The summed E-state index contributed by atoms with van der Waals surface area (Å²) in [7, 11) is 1.39. The Morgan fingerprint density at radius 2 is 2.23 bits per heavy atom. The Labute approximate surface area is 79.3 Å². The summed E-state index contributed by atoms with van der Waals surface area (Å²) in [5.41, 5.74) is 0. The fourth-order valence-electron chi connectivity index (χ4n) is 0.896. The van der Waals surface area contributed by atoms with Gasteiger partial charge in [-0.05, 0) is 32.9 Å². The summed E-state index contributed by atoms with van der Waals surface area (Å²) in [6.07, 6.45) is 1.73. The lowest BCUT2D eigenvalue weighted by molar-refractivity contribution is -0.140. The summed E-state index contributed by atoms with van der Waals surface area (Å²) in [4.78, 5) is 10.7. The lowest BCUT2D eigenvalue weighted by Crippen LogP contribution is -2.20. The van der Waals surface area contributed by atoms with Crippen LogP contribution < -0.4 is 5.32 Å². The van der Waals surface area contributed by atoms with Crippen molar-refractivity contribution >= 4 is 5.97 Å². The summed E-state index contributed by atoms with van der Waals surface area (Å²) < 4.78 is 4.49. The van der Waals surface area contributed by atoms with Gasteiger partial charge in [0.2, 0.25) is 0 Å². The molecule has 0 saturated heterocycles. The van der Waals surface area contributed by atoms with Crippen molar-refractivity contribution in [1.29, 1.82) is 0 Å². The van der Waals surface area contributed by atoms with E-state index in [2.05, 4.69) is 10.1 Å². The van der Waals surface area contributed by atoms with Crippen LogP contribution in [0.15, 0.2) is 0 Å². The van der Waals surface area contributed by atoms with Gasteiger partial charge in [0.15, 0.2) is 0 Å². The Balaban J connectivity index is 3.04.